The van der Waals surface area contributed by atoms with E-state index in [1.807, 2.05) is 0 Å². The van der Waals surface area contributed by atoms with Crippen LogP contribution in [0.1, 0.15) is 31.8 Å². The maximum Gasteiger partial charge on any atom is 0.435 e. The SMILES string of the molecule is COc1c(NC(=O)c2ccncc2)cccc1C(=O)Cc1c(Br)cc(C(F)(C(F)(F)F)C(F)(F)F)cc1OC(F)F. The van der Waals surface area contributed by atoms with Crippen molar-refractivity contribution >= 4 is 33.3 Å². The third kappa shape index (κ3) is 6.57. The maximum atomic E-state index is 14.6. The molecule has 0 saturated heterocycles. The first kappa shape index (κ1) is 31.7. The number of hydrogen-bond donors (Lipinski definition) is 1. The van der Waals surface area contributed by atoms with Crippen LogP contribution in [-0.2, 0) is 12.1 Å². The molecule has 220 valence electrons. The topological polar surface area (TPSA) is 77.5 Å². The van der Waals surface area contributed by atoms with Gasteiger partial charge < -0.3 is 14.8 Å². The Hall–Kier alpha value is -3.82. The molecule has 1 heterocycles. The third-order valence-corrected chi connectivity index (χ3v) is 6.30. The standard InChI is InChI=1S/C25H16BrF9N2O4/c1-40-20-14(3-2-4-17(20)37-21(39)12-5-7-36-8-6-12)18(38)11-15-16(26)9-13(10-19(15)41-22(27)28)23(29,24(30,31)32)25(33,34)35/h2-10,22H,11H2,1H3,(H,37,39). The number of alkyl halides is 9. The van der Waals surface area contributed by atoms with Gasteiger partial charge in [0.25, 0.3) is 5.91 Å². The van der Waals surface area contributed by atoms with Gasteiger partial charge in [-0.25, -0.2) is 4.39 Å². The average molecular weight is 659 g/mol. The Morgan fingerprint density at radius 3 is 2.12 bits per heavy atom. The summed E-state index contributed by atoms with van der Waals surface area (Å²) in [7, 11) is 1.14. The number of Topliss-reactive ketones (excluding diaryl/α,β-unsaturated/α-hetero) is 1. The Balaban J connectivity index is 2.05. The molecule has 0 aliphatic heterocycles. The fourth-order valence-electron chi connectivity index (χ4n) is 3.70. The number of ketones is 1. The van der Waals surface area contributed by atoms with Crippen molar-refractivity contribution in [3.63, 3.8) is 0 Å². The highest BCUT2D eigenvalue weighted by Crippen LogP contribution is 2.54. The lowest BCUT2D eigenvalue weighted by Gasteiger charge is -2.31. The molecule has 1 N–H and O–H groups in total. The molecule has 3 rings (SSSR count). The number of nitrogens with zero attached hydrogens (tertiary/aromatic N) is 1. The summed E-state index contributed by atoms with van der Waals surface area (Å²) in [5, 5.41) is 2.51. The van der Waals surface area contributed by atoms with Gasteiger partial charge in [-0.2, -0.15) is 35.1 Å². The quantitative estimate of drug-likeness (QED) is 0.191. The van der Waals surface area contributed by atoms with Gasteiger partial charge in [-0.05, 0) is 36.4 Å². The number of para-hydroxylation sites is 1. The number of methoxy groups -OCH3 is 1. The molecule has 0 fully saturated rings. The molecule has 1 amide bonds. The number of halogens is 10. The number of pyridine rings is 1. The highest BCUT2D eigenvalue weighted by atomic mass is 79.9. The number of carbonyl (C=O) groups excluding carboxylic acids is 2. The zero-order valence-corrected chi connectivity index (χ0v) is 21.9. The lowest BCUT2D eigenvalue weighted by Crippen LogP contribution is -2.50. The van der Waals surface area contributed by atoms with Crippen LogP contribution in [0, 0.1) is 0 Å². The van der Waals surface area contributed by atoms with Gasteiger partial charge in [0, 0.05) is 40.0 Å². The van der Waals surface area contributed by atoms with E-state index in [4.69, 9.17) is 4.74 Å². The van der Waals surface area contributed by atoms with E-state index in [9.17, 15) is 49.1 Å². The van der Waals surface area contributed by atoms with Gasteiger partial charge in [0.15, 0.2) is 11.5 Å². The zero-order valence-electron chi connectivity index (χ0n) is 20.3. The summed E-state index contributed by atoms with van der Waals surface area (Å²) in [6.45, 7) is -3.77. The smallest absolute Gasteiger partial charge is 0.435 e. The molecule has 0 saturated carbocycles. The predicted octanol–water partition coefficient (Wildman–Crippen LogP) is 7.42. The minimum Gasteiger partial charge on any atom is -0.494 e. The van der Waals surface area contributed by atoms with Crippen molar-refractivity contribution in [2.45, 2.75) is 31.1 Å². The molecular weight excluding hydrogens is 643 g/mol. The third-order valence-electron chi connectivity index (χ3n) is 5.60. The van der Waals surface area contributed by atoms with Gasteiger partial charge in [-0.15, -0.1) is 0 Å². The summed E-state index contributed by atoms with van der Waals surface area (Å²) in [4.78, 5) is 29.5. The van der Waals surface area contributed by atoms with Gasteiger partial charge in [-0.3, -0.25) is 14.6 Å². The fraction of sp³-hybridized carbons (Fsp3) is 0.240. The molecule has 0 aliphatic carbocycles. The van der Waals surface area contributed by atoms with Crippen LogP contribution in [0.5, 0.6) is 11.5 Å². The van der Waals surface area contributed by atoms with Crippen molar-refractivity contribution in [3.05, 3.63) is 81.6 Å². The Morgan fingerprint density at radius 2 is 1.59 bits per heavy atom. The number of benzene rings is 2. The summed E-state index contributed by atoms with van der Waals surface area (Å²) in [6, 6.07) is 6.56. The Bertz CT molecular complexity index is 1420. The van der Waals surface area contributed by atoms with Crippen LogP contribution in [0.2, 0.25) is 0 Å². The number of hydrogen-bond acceptors (Lipinski definition) is 5. The van der Waals surface area contributed by atoms with E-state index in [2.05, 4.69) is 31.0 Å². The van der Waals surface area contributed by atoms with Crippen molar-refractivity contribution in [2.24, 2.45) is 0 Å². The Labute approximate surface area is 233 Å². The number of aromatic nitrogens is 1. The van der Waals surface area contributed by atoms with Crippen molar-refractivity contribution in [3.8, 4) is 11.5 Å². The number of nitrogens with one attached hydrogen (secondary N) is 1. The normalized spacial score (nSPS) is 12.3. The molecule has 0 radical (unpaired) electrons. The summed E-state index contributed by atoms with van der Waals surface area (Å²) in [6.07, 6.45) is -11.3. The molecule has 6 nitrogen and oxygen atoms in total. The van der Waals surface area contributed by atoms with Crippen molar-refractivity contribution in [2.75, 3.05) is 12.4 Å². The van der Waals surface area contributed by atoms with E-state index in [-0.39, 0.29) is 34.7 Å². The highest BCUT2D eigenvalue weighted by Gasteiger charge is 2.73. The van der Waals surface area contributed by atoms with Gasteiger partial charge in [0.2, 0.25) is 0 Å². The number of ether oxygens (including phenoxy) is 2. The molecule has 16 heteroatoms. The maximum absolute atomic E-state index is 14.6. The van der Waals surface area contributed by atoms with Crippen LogP contribution in [0.4, 0.5) is 45.2 Å². The second kappa shape index (κ2) is 12.0. The summed E-state index contributed by atoms with van der Waals surface area (Å²) < 4.78 is 129. The van der Waals surface area contributed by atoms with Crippen LogP contribution in [-0.4, -0.2) is 42.7 Å². The minimum atomic E-state index is -6.53. The predicted molar refractivity (Wildman–Crippen MR) is 129 cm³/mol. The number of anilines is 1. The fourth-order valence-corrected chi connectivity index (χ4v) is 4.28. The van der Waals surface area contributed by atoms with Gasteiger partial charge in [0.05, 0.1) is 18.4 Å². The zero-order chi connectivity index (χ0) is 30.8. The second-order valence-corrected chi connectivity index (χ2v) is 9.00. The van der Waals surface area contributed by atoms with Crippen molar-refractivity contribution in [1.82, 2.24) is 4.98 Å². The van der Waals surface area contributed by atoms with Gasteiger partial charge in [0.1, 0.15) is 5.75 Å². The first-order chi connectivity index (χ1) is 19.0. The van der Waals surface area contributed by atoms with Gasteiger partial charge >= 0.3 is 24.6 Å². The monoisotopic (exact) mass is 658 g/mol. The first-order valence-corrected chi connectivity index (χ1v) is 11.8. The summed E-state index contributed by atoms with van der Waals surface area (Å²) >= 11 is 2.65. The number of carbonyl (C=O) groups is 2. The van der Waals surface area contributed by atoms with Crippen LogP contribution in [0.15, 0.2) is 59.3 Å². The highest BCUT2D eigenvalue weighted by molar-refractivity contribution is 9.10. The van der Waals surface area contributed by atoms with Crippen LogP contribution >= 0.6 is 15.9 Å². The molecule has 0 spiro atoms. The lowest BCUT2D eigenvalue weighted by molar-refractivity contribution is -0.348. The number of amides is 1. The van der Waals surface area contributed by atoms with Crippen molar-refractivity contribution < 1.29 is 58.6 Å². The van der Waals surface area contributed by atoms with Crippen LogP contribution < -0.4 is 14.8 Å². The summed E-state index contributed by atoms with van der Waals surface area (Å²) in [5.41, 5.74) is -8.72. The number of rotatable bonds is 9. The molecule has 0 unspecified atom stereocenters. The van der Waals surface area contributed by atoms with Crippen molar-refractivity contribution in [1.29, 1.82) is 0 Å². The molecule has 0 aliphatic rings. The van der Waals surface area contributed by atoms with E-state index in [0.717, 1.165) is 7.11 Å². The Morgan fingerprint density at radius 1 is 0.976 bits per heavy atom. The second-order valence-electron chi connectivity index (χ2n) is 8.14. The van der Waals surface area contributed by atoms with E-state index in [0.29, 0.717) is 0 Å². The molecule has 0 atom stereocenters. The molecule has 1 aromatic heterocycles. The average Bonchev–Trinajstić information content (AvgIpc) is 2.88. The van der Waals surface area contributed by atoms with Crippen LogP contribution in [0.3, 0.4) is 0 Å². The molecule has 41 heavy (non-hydrogen) atoms. The Kier molecular flexibility index (Phi) is 9.25. The molecular formula is C25H16BrF9N2O4. The molecule has 2 aromatic carbocycles. The van der Waals surface area contributed by atoms with E-state index < -0.39 is 64.1 Å². The molecule has 3 aromatic rings. The van der Waals surface area contributed by atoms with E-state index in [1.165, 1.54) is 42.7 Å². The van der Waals surface area contributed by atoms with E-state index in [1.54, 1.807) is 0 Å². The summed E-state index contributed by atoms with van der Waals surface area (Å²) in [5.74, 6) is -3.06. The van der Waals surface area contributed by atoms with E-state index >= 15 is 0 Å². The largest absolute Gasteiger partial charge is 0.494 e. The van der Waals surface area contributed by atoms with Crippen LogP contribution in [0.25, 0.3) is 0 Å². The molecule has 0 bridgehead atoms. The first-order valence-electron chi connectivity index (χ1n) is 11.0. The van der Waals surface area contributed by atoms with Gasteiger partial charge in [-0.1, -0.05) is 22.0 Å². The minimum absolute atomic E-state index is 0.00352. The lowest BCUT2D eigenvalue weighted by atomic mass is 9.91.